The van der Waals surface area contributed by atoms with Crippen LogP contribution in [0.5, 0.6) is 5.75 Å². The molecule has 0 spiro atoms. The summed E-state index contributed by atoms with van der Waals surface area (Å²) >= 11 is 0. The lowest BCUT2D eigenvalue weighted by Gasteiger charge is -2.24. The smallest absolute Gasteiger partial charge is 0.123 e. The van der Waals surface area contributed by atoms with E-state index in [1.165, 1.54) is 12.1 Å². The Morgan fingerprint density at radius 3 is 2.43 bits per heavy atom. The maximum atomic E-state index is 12.7. The number of ether oxygens (including phenoxy) is 1. The van der Waals surface area contributed by atoms with Crippen molar-refractivity contribution in [3.63, 3.8) is 0 Å². The Balaban J connectivity index is 2.21. The number of likely N-dealkylation sites (N-methyl/N-ethyl adjacent to an activating group) is 1. The van der Waals surface area contributed by atoms with Gasteiger partial charge < -0.3 is 20.1 Å². The van der Waals surface area contributed by atoms with Gasteiger partial charge in [-0.2, -0.15) is 0 Å². The Morgan fingerprint density at radius 2 is 1.86 bits per heavy atom. The minimum absolute atomic E-state index is 0.191. The summed E-state index contributed by atoms with van der Waals surface area (Å²) in [6.45, 7) is 10.1. The van der Waals surface area contributed by atoms with E-state index in [0.29, 0.717) is 18.3 Å². The molecule has 21 heavy (non-hydrogen) atoms. The van der Waals surface area contributed by atoms with Crippen molar-refractivity contribution >= 4 is 0 Å². The lowest BCUT2D eigenvalue weighted by atomic mass is 10.2. The molecule has 2 N–H and O–H groups in total. The highest BCUT2D eigenvalue weighted by Gasteiger charge is 2.10. The predicted molar refractivity (Wildman–Crippen MR) is 83.2 cm³/mol. The molecule has 2 atom stereocenters. The Kier molecular flexibility index (Phi) is 8.27. The van der Waals surface area contributed by atoms with Gasteiger partial charge in [0.05, 0.1) is 0 Å². The molecule has 0 aliphatic heterocycles. The zero-order valence-corrected chi connectivity index (χ0v) is 13.2. The lowest BCUT2D eigenvalue weighted by molar-refractivity contribution is 0.102. The SMILES string of the molecule is CCN(CC)CC(C)NCC(O)COc1ccc(F)cc1. The van der Waals surface area contributed by atoms with Gasteiger partial charge in [-0.25, -0.2) is 4.39 Å². The van der Waals surface area contributed by atoms with Gasteiger partial charge in [0, 0.05) is 19.1 Å². The Morgan fingerprint density at radius 1 is 1.24 bits per heavy atom. The molecule has 0 fully saturated rings. The van der Waals surface area contributed by atoms with Gasteiger partial charge in [0.15, 0.2) is 0 Å². The van der Waals surface area contributed by atoms with E-state index in [9.17, 15) is 9.50 Å². The third kappa shape index (κ3) is 7.41. The Bertz CT molecular complexity index is 382. The maximum absolute atomic E-state index is 12.7. The van der Waals surface area contributed by atoms with Gasteiger partial charge in [-0.15, -0.1) is 0 Å². The second-order valence-electron chi connectivity index (χ2n) is 5.21. The summed E-state index contributed by atoms with van der Waals surface area (Å²) in [6, 6.07) is 6.10. The van der Waals surface area contributed by atoms with Crippen LogP contribution in [0.15, 0.2) is 24.3 Å². The van der Waals surface area contributed by atoms with Crippen molar-refractivity contribution in [1.82, 2.24) is 10.2 Å². The molecule has 4 nitrogen and oxygen atoms in total. The van der Waals surface area contributed by atoms with Gasteiger partial charge in [-0.1, -0.05) is 13.8 Å². The number of nitrogens with zero attached hydrogens (tertiary/aromatic N) is 1. The van der Waals surface area contributed by atoms with Gasteiger partial charge in [0.1, 0.15) is 24.3 Å². The van der Waals surface area contributed by atoms with Crippen LogP contribution in [0.1, 0.15) is 20.8 Å². The fourth-order valence-electron chi connectivity index (χ4n) is 2.05. The summed E-state index contributed by atoms with van der Waals surface area (Å²) in [6.07, 6.45) is -0.589. The molecule has 120 valence electrons. The van der Waals surface area contributed by atoms with E-state index in [2.05, 4.69) is 31.0 Å². The van der Waals surface area contributed by atoms with E-state index in [1.807, 2.05) is 0 Å². The standard InChI is InChI=1S/C16H27FN2O2/c1-4-19(5-2)11-13(3)18-10-15(20)12-21-16-8-6-14(17)7-9-16/h6-9,13,15,18,20H,4-5,10-12H2,1-3H3. The fraction of sp³-hybridized carbons (Fsp3) is 0.625. The van der Waals surface area contributed by atoms with Crippen LogP contribution in [0, 0.1) is 5.82 Å². The zero-order valence-electron chi connectivity index (χ0n) is 13.2. The van der Waals surface area contributed by atoms with Crippen molar-refractivity contribution in [3.8, 4) is 5.75 Å². The monoisotopic (exact) mass is 298 g/mol. The number of halogens is 1. The molecule has 0 saturated heterocycles. The summed E-state index contributed by atoms with van der Waals surface area (Å²) in [7, 11) is 0. The number of rotatable bonds is 10. The number of aliphatic hydroxyl groups is 1. The van der Waals surface area contributed by atoms with Crippen LogP contribution in [0.3, 0.4) is 0 Å². The molecule has 1 rings (SSSR count). The van der Waals surface area contributed by atoms with Crippen LogP contribution in [-0.2, 0) is 0 Å². The van der Waals surface area contributed by atoms with Crippen molar-refractivity contribution in [1.29, 1.82) is 0 Å². The minimum atomic E-state index is -0.589. The van der Waals surface area contributed by atoms with Crippen molar-refractivity contribution in [2.24, 2.45) is 0 Å². The quantitative estimate of drug-likeness (QED) is 0.692. The second kappa shape index (κ2) is 9.71. The first-order valence-corrected chi connectivity index (χ1v) is 7.57. The molecule has 0 radical (unpaired) electrons. The third-order valence-electron chi connectivity index (χ3n) is 3.38. The highest BCUT2D eigenvalue weighted by Crippen LogP contribution is 2.11. The third-order valence-corrected chi connectivity index (χ3v) is 3.38. The largest absolute Gasteiger partial charge is 0.491 e. The normalized spacial score (nSPS) is 14.2. The van der Waals surface area contributed by atoms with E-state index in [1.54, 1.807) is 12.1 Å². The van der Waals surface area contributed by atoms with E-state index in [4.69, 9.17) is 4.74 Å². The molecule has 0 saturated carbocycles. The zero-order chi connectivity index (χ0) is 15.7. The van der Waals surface area contributed by atoms with E-state index in [0.717, 1.165) is 19.6 Å². The molecule has 0 heterocycles. The van der Waals surface area contributed by atoms with Gasteiger partial charge in [-0.05, 0) is 44.3 Å². The highest BCUT2D eigenvalue weighted by atomic mass is 19.1. The molecule has 1 aromatic rings. The van der Waals surface area contributed by atoms with Crippen molar-refractivity contribution in [3.05, 3.63) is 30.1 Å². The highest BCUT2D eigenvalue weighted by molar-refractivity contribution is 5.22. The van der Waals surface area contributed by atoms with Gasteiger partial charge in [0.25, 0.3) is 0 Å². The minimum Gasteiger partial charge on any atom is -0.491 e. The average Bonchev–Trinajstić information content (AvgIpc) is 2.50. The van der Waals surface area contributed by atoms with Crippen LogP contribution in [0.2, 0.25) is 0 Å². The van der Waals surface area contributed by atoms with E-state index < -0.39 is 6.10 Å². The molecular formula is C16H27FN2O2. The molecule has 0 bridgehead atoms. The van der Waals surface area contributed by atoms with Crippen LogP contribution < -0.4 is 10.1 Å². The molecule has 5 heteroatoms. The van der Waals surface area contributed by atoms with Gasteiger partial charge in [-0.3, -0.25) is 0 Å². The molecule has 2 unspecified atom stereocenters. The van der Waals surface area contributed by atoms with Crippen LogP contribution in [0.25, 0.3) is 0 Å². The topological polar surface area (TPSA) is 44.7 Å². The van der Waals surface area contributed by atoms with E-state index in [-0.39, 0.29) is 12.4 Å². The molecule has 0 aliphatic rings. The number of nitrogens with one attached hydrogen (secondary N) is 1. The average molecular weight is 298 g/mol. The van der Waals surface area contributed by atoms with Crippen LogP contribution in [0.4, 0.5) is 4.39 Å². The molecule has 0 aromatic heterocycles. The summed E-state index contributed by atoms with van der Waals surface area (Å²) in [5, 5.41) is 13.2. The Labute approximate surface area is 126 Å². The number of hydrogen-bond donors (Lipinski definition) is 2. The van der Waals surface area contributed by atoms with Gasteiger partial charge in [0.2, 0.25) is 0 Å². The first-order valence-electron chi connectivity index (χ1n) is 7.57. The maximum Gasteiger partial charge on any atom is 0.123 e. The molecule has 1 aromatic carbocycles. The van der Waals surface area contributed by atoms with Crippen molar-refractivity contribution < 1.29 is 14.2 Å². The van der Waals surface area contributed by atoms with Gasteiger partial charge >= 0.3 is 0 Å². The first kappa shape index (κ1) is 17.9. The lowest BCUT2D eigenvalue weighted by Crippen LogP contribution is -2.43. The first-order chi connectivity index (χ1) is 10.0. The summed E-state index contributed by atoms with van der Waals surface area (Å²) in [5.74, 6) is 0.265. The molecule has 0 amide bonds. The molecular weight excluding hydrogens is 271 g/mol. The molecule has 0 aliphatic carbocycles. The second-order valence-corrected chi connectivity index (χ2v) is 5.21. The number of benzene rings is 1. The van der Waals surface area contributed by atoms with Crippen LogP contribution >= 0.6 is 0 Å². The summed E-state index contributed by atoms with van der Waals surface area (Å²) in [4.78, 5) is 2.33. The number of aliphatic hydroxyl groups excluding tert-OH is 1. The number of hydrogen-bond acceptors (Lipinski definition) is 4. The van der Waals surface area contributed by atoms with E-state index >= 15 is 0 Å². The predicted octanol–water partition coefficient (Wildman–Crippen LogP) is 1.89. The fourth-order valence-corrected chi connectivity index (χ4v) is 2.05. The van der Waals surface area contributed by atoms with Crippen molar-refractivity contribution in [2.75, 3.05) is 32.8 Å². The Hall–Kier alpha value is -1.17. The summed E-state index contributed by atoms with van der Waals surface area (Å²) < 4.78 is 18.2. The van der Waals surface area contributed by atoms with Crippen molar-refractivity contribution in [2.45, 2.75) is 32.9 Å². The van der Waals surface area contributed by atoms with Crippen LogP contribution in [-0.4, -0.2) is 54.9 Å². The summed E-state index contributed by atoms with van der Waals surface area (Å²) in [5.41, 5.74) is 0.